The number of nitrogens with one attached hydrogen (secondary N) is 2. The molecule has 0 saturated carbocycles. The number of guanidine groups is 1. The Balaban J connectivity index is 0.00000364. The molecule has 0 spiro atoms. The molecule has 2 N–H and O–H groups in total. The van der Waals surface area contributed by atoms with E-state index in [4.69, 9.17) is 4.74 Å². The molecule has 0 amide bonds. The number of para-hydroxylation sites is 1. The van der Waals surface area contributed by atoms with Gasteiger partial charge in [0.1, 0.15) is 5.75 Å². The van der Waals surface area contributed by atoms with Crippen molar-refractivity contribution in [3.8, 4) is 5.75 Å². The fourth-order valence-electron chi connectivity index (χ4n) is 2.79. The molecule has 0 radical (unpaired) electrons. The van der Waals surface area contributed by atoms with E-state index in [9.17, 15) is 8.78 Å². The van der Waals surface area contributed by atoms with Crippen molar-refractivity contribution in [1.82, 2.24) is 10.6 Å². The summed E-state index contributed by atoms with van der Waals surface area (Å²) < 4.78 is 35.2. The number of thioether (sulfide) groups is 1. The van der Waals surface area contributed by atoms with Gasteiger partial charge < -0.3 is 20.1 Å². The van der Waals surface area contributed by atoms with Gasteiger partial charge in [-0.2, -0.15) is 20.5 Å². The Morgan fingerprint density at radius 3 is 2.63 bits per heavy atom. The van der Waals surface area contributed by atoms with Crippen LogP contribution in [0.4, 0.5) is 8.78 Å². The normalized spacial score (nSPS) is 16.6. The van der Waals surface area contributed by atoms with Crippen LogP contribution in [-0.4, -0.2) is 49.9 Å². The molecule has 154 valence electrons. The number of nitrogens with zero attached hydrogens (tertiary/aromatic N) is 1. The van der Waals surface area contributed by atoms with Gasteiger partial charge in [0.05, 0.1) is 6.54 Å². The molecule has 0 aromatic heterocycles. The van der Waals surface area contributed by atoms with E-state index in [2.05, 4.69) is 26.6 Å². The Morgan fingerprint density at radius 1 is 1.30 bits per heavy atom. The SMILES string of the molecule is CCNC(=NCc1ccccc1OC(F)F)NCC1(SC)CCOCC1.I. The molecule has 0 aliphatic carbocycles. The molecule has 0 bridgehead atoms. The van der Waals surface area contributed by atoms with Gasteiger partial charge in [-0.3, -0.25) is 0 Å². The second kappa shape index (κ2) is 12.6. The molecular weight excluding hydrogens is 487 g/mol. The van der Waals surface area contributed by atoms with E-state index in [0.717, 1.165) is 39.1 Å². The van der Waals surface area contributed by atoms with Crippen LogP contribution in [-0.2, 0) is 11.3 Å². The van der Waals surface area contributed by atoms with Crippen LogP contribution in [0.25, 0.3) is 0 Å². The third-order valence-electron chi connectivity index (χ3n) is 4.36. The lowest BCUT2D eigenvalue weighted by molar-refractivity contribution is -0.0504. The third-order valence-corrected chi connectivity index (χ3v) is 5.77. The lowest BCUT2D eigenvalue weighted by Gasteiger charge is -2.36. The van der Waals surface area contributed by atoms with Crippen molar-refractivity contribution in [1.29, 1.82) is 0 Å². The predicted molar refractivity (Wildman–Crippen MR) is 118 cm³/mol. The minimum Gasteiger partial charge on any atom is -0.434 e. The summed E-state index contributed by atoms with van der Waals surface area (Å²) in [6.45, 7) is 2.44. The zero-order valence-corrected chi connectivity index (χ0v) is 18.8. The fraction of sp³-hybridized carbons (Fsp3) is 0.611. The molecule has 1 heterocycles. The van der Waals surface area contributed by atoms with Gasteiger partial charge in [0.25, 0.3) is 0 Å². The van der Waals surface area contributed by atoms with E-state index in [1.165, 1.54) is 6.07 Å². The number of hydrogen-bond donors (Lipinski definition) is 2. The summed E-state index contributed by atoms with van der Waals surface area (Å²) in [6.07, 6.45) is 4.10. The maximum atomic E-state index is 12.5. The molecule has 5 nitrogen and oxygen atoms in total. The van der Waals surface area contributed by atoms with Gasteiger partial charge in [0.2, 0.25) is 0 Å². The van der Waals surface area contributed by atoms with Crippen LogP contribution in [0, 0.1) is 0 Å². The monoisotopic (exact) mass is 515 g/mol. The first-order valence-electron chi connectivity index (χ1n) is 8.76. The summed E-state index contributed by atoms with van der Waals surface area (Å²) in [4.78, 5) is 4.53. The van der Waals surface area contributed by atoms with Gasteiger partial charge in [-0.15, -0.1) is 24.0 Å². The smallest absolute Gasteiger partial charge is 0.387 e. The summed E-state index contributed by atoms with van der Waals surface area (Å²) in [6, 6.07) is 6.73. The second-order valence-electron chi connectivity index (χ2n) is 6.03. The standard InChI is InChI=1S/C18H27F2N3O2S.HI/c1-3-21-17(23-13-18(26-2)8-10-24-11-9-18)22-12-14-6-4-5-7-15(14)25-16(19)20;/h4-7,16H,3,8-13H2,1-2H3,(H2,21,22,23);1H. The Kier molecular flexibility index (Phi) is 11.3. The quantitative estimate of drug-likeness (QED) is 0.313. The number of alkyl halides is 2. The molecule has 0 atom stereocenters. The van der Waals surface area contributed by atoms with E-state index in [1.807, 2.05) is 18.7 Å². The summed E-state index contributed by atoms with van der Waals surface area (Å²) in [5.41, 5.74) is 0.621. The average Bonchev–Trinajstić information content (AvgIpc) is 2.65. The van der Waals surface area contributed by atoms with Gasteiger partial charge in [-0.25, -0.2) is 4.99 Å². The van der Waals surface area contributed by atoms with Crippen LogP contribution in [0.1, 0.15) is 25.3 Å². The molecule has 1 saturated heterocycles. The molecule has 27 heavy (non-hydrogen) atoms. The zero-order chi connectivity index (χ0) is 18.8. The molecule has 1 aromatic carbocycles. The Hall–Kier alpha value is -0.810. The van der Waals surface area contributed by atoms with Crippen LogP contribution in [0.5, 0.6) is 5.75 Å². The minimum absolute atomic E-state index is 0. The first-order valence-corrected chi connectivity index (χ1v) is 9.99. The molecule has 9 heteroatoms. The minimum atomic E-state index is -2.85. The maximum absolute atomic E-state index is 12.5. The van der Waals surface area contributed by atoms with E-state index in [0.29, 0.717) is 11.5 Å². The molecule has 0 unspecified atom stereocenters. The topological polar surface area (TPSA) is 54.9 Å². The van der Waals surface area contributed by atoms with Crippen molar-refractivity contribution in [2.24, 2.45) is 4.99 Å². The van der Waals surface area contributed by atoms with E-state index in [-0.39, 0.29) is 41.0 Å². The first kappa shape index (κ1) is 24.2. The van der Waals surface area contributed by atoms with Crippen LogP contribution in [0.15, 0.2) is 29.3 Å². The fourth-order valence-corrected chi connectivity index (χ4v) is 3.58. The van der Waals surface area contributed by atoms with Gasteiger partial charge >= 0.3 is 6.61 Å². The molecular formula is C18H28F2IN3O2S. The van der Waals surface area contributed by atoms with Gasteiger partial charge in [-0.1, -0.05) is 18.2 Å². The number of rotatable bonds is 8. The van der Waals surface area contributed by atoms with Gasteiger partial charge in [0, 0.05) is 36.6 Å². The number of ether oxygens (including phenoxy) is 2. The molecule has 2 rings (SSSR count). The number of aliphatic imine (C=N–C) groups is 1. The van der Waals surface area contributed by atoms with Gasteiger partial charge in [-0.05, 0) is 32.1 Å². The molecule has 1 aliphatic heterocycles. The van der Waals surface area contributed by atoms with Crippen molar-refractivity contribution in [3.63, 3.8) is 0 Å². The lowest BCUT2D eigenvalue weighted by Crippen LogP contribution is -2.47. The van der Waals surface area contributed by atoms with Gasteiger partial charge in [0.15, 0.2) is 5.96 Å². The maximum Gasteiger partial charge on any atom is 0.387 e. The second-order valence-corrected chi connectivity index (χ2v) is 7.31. The number of halogens is 3. The van der Waals surface area contributed by atoms with Crippen molar-refractivity contribution in [3.05, 3.63) is 29.8 Å². The highest BCUT2D eigenvalue weighted by Gasteiger charge is 2.31. The van der Waals surface area contributed by atoms with E-state index < -0.39 is 6.61 Å². The molecule has 1 aromatic rings. The van der Waals surface area contributed by atoms with Crippen LogP contribution in [0.2, 0.25) is 0 Å². The summed E-state index contributed by atoms with van der Waals surface area (Å²) in [7, 11) is 0. The van der Waals surface area contributed by atoms with E-state index >= 15 is 0 Å². The number of benzene rings is 1. The predicted octanol–water partition coefficient (Wildman–Crippen LogP) is 3.87. The van der Waals surface area contributed by atoms with Crippen molar-refractivity contribution < 1.29 is 18.3 Å². The summed E-state index contributed by atoms with van der Waals surface area (Å²) in [5.74, 6) is 0.825. The first-order chi connectivity index (χ1) is 12.6. The largest absolute Gasteiger partial charge is 0.434 e. The highest BCUT2D eigenvalue weighted by molar-refractivity contribution is 14.0. The van der Waals surface area contributed by atoms with Crippen LogP contribution < -0.4 is 15.4 Å². The highest BCUT2D eigenvalue weighted by Crippen LogP contribution is 2.33. The van der Waals surface area contributed by atoms with E-state index in [1.54, 1.807) is 18.2 Å². The van der Waals surface area contributed by atoms with Crippen molar-refractivity contribution in [2.45, 2.75) is 37.7 Å². The Bertz CT molecular complexity index is 587. The number of hydrogen-bond acceptors (Lipinski definition) is 4. The van der Waals surface area contributed by atoms with Crippen molar-refractivity contribution >= 4 is 41.7 Å². The average molecular weight is 515 g/mol. The lowest BCUT2D eigenvalue weighted by atomic mass is 9.99. The summed E-state index contributed by atoms with van der Waals surface area (Å²) in [5, 5.41) is 6.59. The third kappa shape index (κ3) is 7.98. The molecule has 1 fully saturated rings. The van der Waals surface area contributed by atoms with Crippen molar-refractivity contribution in [2.75, 3.05) is 32.6 Å². The highest BCUT2D eigenvalue weighted by atomic mass is 127. The Labute approximate surface area is 181 Å². The Morgan fingerprint density at radius 2 is 2.00 bits per heavy atom. The van der Waals surface area contributed by atoms with Crippen LogP contribution in [0.3, 0.4) is 0 Å². The summed E-state index contributed by atoms with van der Waals surface area (Å²) >= 11 is 1.85. The zero-order valence-electron chi connectivity index (χ0n) is 15.7. The van der Waals surface area contributed by atoms with Crippen LogP contribution >= 0.6 is 35.7 Å². The molecule has 1 aliphatic rings.